The molecule has 1 fully saturated rings. The van der Waals surface area contributed by atoms with Gasteiger partial charge >= 0.3 is 53.6 Å². The highest BCUT2D eigenvalue weighted by Gasteiger charge is 2.97. The summed E-state index contributed by atoms with van der Waals surface area (Å²) in [6.45, 7) is -0.456. The van der Waals surface area contributed by atoms with Crippen molar-refractivity contribution in [3.8, 4) is 0 Å². The monoisotopic (exact) mass is 634 g/mol. The lowest BCUT2D eigenvalue weighted by Gasteiger charge is -2.44. The van der Waals surface area contributed by atoms with Crippen LogP contribution >= 0.6 is 0 Å². The van der Waals surface area contributed by atoms with Gasteiger partial charge in [-0.05, 0) is 19.3 Å². The minimum Gasteiger partial charge on any atom is -0.382 e. The van der Waals surface area contributed by atoms with Crippen molar-refractivity contribution in [1.29, 1.82) is 0 Å². The minimum absolute atomic E-state index is 0.0813. The highest BCUT2D eigenvalue weighted by molar-refractivity contribution is 6.41. The third-order valence-electron chi connectivity index (χ3n) is 5.33. The molecule has 0 aromatic carbocycles. The maximum absolute atomic E-state index is 13.9. The smallest absolute Gasteiger partial charge is 0.382 e. The van der Waals surface area contributed by atoms with E-state index in [-0.39, 0.29) is 12.8 Å². The molecule has 0 aromatic heterocycles. The van der Waals surface area contributed by atoms with Crippen molar-refractivity contribution in [3.05, 3.63) is 0 Å². The lowest BCUT2D eigenvalue weighted by molar-refractivity contribution is -0.472. The van der Waals surface area contributed by atoms with Crippen LogP contribution in [0.1, 0.15) is 19.3 Å². The van der Waals surface area contributed by atoms with Crippen LogP contribution in [0.3, 0.4) is 0 Å². The molecular formula is C15H11F21OSi. The molecule has 0 aromatic rings. The van der Waals surface area contributed by atoms with E-state index in [1.165, 1.54) is 0 Å². The van der Waals surface area contributed by atoms with Crippen molar-refractivity contribution in [2.75, 3.05) is 6.61 Å². The molecule has 228 valence electrons. The second-order valence-corrected chi connectivity index (χ2v) is 10.2. The topological polar surface area (TPSA) is 9.23 Å². The molecule has 1 heterocycles. The summed E-state index contributed by atoms with van der Waals surface area (Å²) in [6.07, 6.45) is -8.54. The molecule has 1 unspecified atom stereocenters. The van der Waals surface area contributed by atoms with Gasteiger partial charge in [-0.2, -0.15) is 83.4 Å². The molecule has 0 spiro atoms. The van der Waals surface area contributed by atoms with Gasteiger partial charge in [0, 0.05) is 12.3 Å². The van der Waals surface area contributed by atoms with Crippen molar-refractivity contribution in [2.24, 2.45) is 0 Å². The van der Waals surface area contributed by atoms with Gasteiger partial charge in [0.25, 0.3) is 5.55 Å². The van der Waals surface area contributed by atoms with Crippen LogP contribution in [-0.4, -0.2) is 81.0 Å². The van der Waals surface area contributed by atoms with Gasteiger partial charge in [0.2, 0.25) is 0 Å². The highest BCUT2D eigenvalue weighted by Crippen LogP contribution is 2.66. The molecule has 0 amide bonds. The summed E-state index contributed by atoms with van der Waals surface area (Å²) in [5.41, 5.74) is -8.47. The van der Waals surface area contributed by atoms with E-state index in [4.69, 9.17) is 0 Å². The van der Waals surface area contributed by atoms with Crippen LogP contribution in [0, 0.1) is 0 Å². The van der Waals surface area contributed by atoms with Crippen LogP contribution in [-0.2, 0) is 4.74 Å². The molecule has 0 N–H and O–H groups in total. The van der Waals surface area contributed by atoms with Crippen LogP contribution in [0.4, 0.5) is 92.2 Å². The van der Waals surface area contributed by atoms with Crippen LogP contribution in [0.25, 0.3) is 0 Å². The summed E-state index contributed by atoms with van der Waals surface area (Å²) in [4.78, 5) is 0. The molecule has 1 aliphatic rings. The minimum atomic E-state index is -9.14. The Kier molecular flexibility index (Phi) is 8.58. The molecule has 1 saturated heterocycles. The van der Waals surface area contributed by atoms with Gasteiger partial charge < -0.3 is 4.74 Å². The predicted molar refractivity (Wildman–Crippen MR) is 82.7 cm³/mol. The van der Waals surface area contributed by atoms with Gasteiger partial charge in [-0.25, -0.2) is 8.78 Å². The predicted octanol–water partition coefficient (Wildman–Crippen LogP) is 6.92. The Bertz CT molecular complexity index is 840. The standard InChI is InChI=1S/C15H11F21OSi/c16-6(17,8(20,21)10(24,25)12(28,29)14(32,33)34)7(18,19)9(22,23)11(26,27)13(30,31)15(35,36)38-5-3-1-2-4-37-5/h5H,1-4,38H2. The average molecular weight is 634 g/mol. The van der Waals surface area contributed by atoms with E-state index >= 15 is 0 Å². The van der Waals surface area contributed by atoms with E-state index in [2.05, 4.69) is 4.74 Å². The van der Waals surface area contributed by atoms with Gasteiger partial charge in [0.05, 0.1) is 0 Å². The van der Waals surface area contributed by atoms with Crippen LogP contribution in [0.15, 0.2) is 0 Å². The van der Waals surface area contributed by atoms with E-state index in [1.807, 2.05) is 0 Å². The zero-order valence-electron chi connectivity index (χ0n) is 17.5. The number of hydrogen-bond acceptors (Lipinski definition) is 1. The van der Waals surface area contributed by atoms with Crippen LogP contribution in [0.2, 0.25) is 0 Å². The number of rotatable bonds is 10. The van der Waals surface area contributed by atoms with Crippen molar-refractivity contribution in [2.45, 2.75) is 84.1 Å². The Hall–Kier alpha value is -1.29. The molecule has 38 heavy (non-hydrogen) atoms. The summed E-state index contributed by atoms with van der Waals surface area (Å²) >= 11 is 0. The summed E-state index contributed by atoms with van der Waals surface area (Å²) in [5.74, 6) is -69.8. The molecule has 0 bridgehead atoms. The molecule has 1 atom stereocenters. The first-order valence-corrected chi connectivity index (χ1v) is 10.9. The SMILES string of the molecule is FC(F)(F)C(F)(F)C(F)(F)C(F)(F)C(F)(F)C(F)(F)C(F)(F)C(F)(F)C(F)(F)C(F)(F)[SiH2]C1CCCCO1. The highest BCUT2D eigenvalue weighted by atomic mass is 28.2. The second-order valence-electron chi connectivity index (χ2n) is 7.99. The summed E-state index contributed by atoms with van der Waals surface area (Å²) in [7, 11) is -4.25. The maximum atomic E-state index is 13.9. The Morgan fingerprint density at radius 3 is 1.03 bits per heavy atom. The molecule has 0 aliphatic carbocycles. The quantitative estimate of drug-likeness (QED) is 0.188. The third-order valence-corrected chi connectivity index (χ3v) is 7.39. The first-order chi connectivity index (χ1) is 16.3. The van der Waals surface area contributed by atoms with Crippen LogP contribution in [0.5, 0.6) is 0 Å². The molecular weight excluding hydrogens is 623 g/mol. The molecule has 1 nitrogen and oxygen atoms in total. The van der Waals surface area contributed by atoms with Crippen molar-refractivity contribution in [3.63, 3.8) is 0 Å². The average Bonchev–Trinajstić information content (AvgIpc) is 2.72. The summed E-state index contributed by atoms with van der Waals surface area (Å²) < 4.78 is 284. The van der Waals surface area contributed by atoms with Crippen molar-refractivity contribution >= 4 is 9.52 Å². The van der Waals surface area contributed by atoms with Gasteiger partial charge in [0.15, 0.2) is 0 Å². The Balaban J connectivity index is 3.64. The van der Waals surface area contributed by atoms with E-state index < -0.39 is 87.4 Å². The van der Waals surface area contributed by atoms with Crippen molar-refractivity contribution < 1.29 is 96.9 Å². The fraction of sp³-hybridized carbons (Fsp3) is 1.00. The zero-order chi connectivity index (χ0) is 30.8. The fourth-order valence-electron chi connectivity index (χ4n) is 2.97. The lowest BCUT2D eigenvalue weighted by Crippen LogP contribution is -2.77. The Morgan fingerprint density at radius 1 is 0.421 bits per heavy atom. The van der Waals surface area contributed by atoms with Gasteiger partial charge in [-0.1, -0.05) is 0 Å². The molecule has 1 aliphatic heterocycles. The Labute approximate surface area is 198 Å². The molecule has 1 rings (SSSR count). The summed E-state index contributed by atoms with van der Waals surface area (Å²) in [6, 6.07) is 0. The fourth-order valence-corrected chi connectivity index (χ4v) is 4.80. The number of hydrogen-bond donors (Lipinski definition) is 0. The number of halogens is 21. The van der Waals surface area contributed by atoms with E-state index in [0.29, 0.717) is 0 Å². The normalized spacial score (nSPS) is 20.9. The van der Waals surface area contributed by atoms with E-state index in [9.17, 15) is 92.2 Å². The van der Waals surface area contributed by atoms with Gasteiger partial charge in [-0.3, -0.25) is 0 Å². The first kappa shape index (κ1) is 34.7. The molecule has 0 saturated carbocycles. The maximum Gasteiger partial charge on any atom is 0.460 e. The van der Waals surface area contributed by atoms with Crippen molar-refractivity contribution in [1.82, 2.24) is 0 Å². The van der Waals surface area contributed by atoms with E-state index in [0.717, 1.165) is 0 Å². The van der Waals surface area contributed by atoms with Gasteiger partial charge in [-0.15, -0.1) is 0 Å². The second kappa shape index (κ2) is 9.38. The Morgan fingerprint density at radius 2 is 0.737 bits per heavy atom. The molecule has 23 heteroatoms. The summed E-state index contributed by atoms with van der Waals surface area (Å²) in [5, 5.41) is 0. The van der Waals surface area contributed by atoms with E-state index in [1.54, 1.807) is 0 Å². The number of ether oxygens (including phenoxy) is 1. The lowest BCUT2D eigenvalue weighted by atomic mass is 9.87. The first-order valence-electron chi connectivity index (χ1n) is 9.41. The zero-order valence-corrected chi connectivity index (χ0v) is 18.9. The largest absolute Gasteiger partial charge is 0.460 e. The van der Waals surface area contributed by atoms with Crippen LogP contribution < -0.4 is 0 Å². The third kappa shape index (κ3) is 4.59. The van der Waals surface area contributed by atoms with Gasteiger partial charge in [0.1, 0.15) is 9.52 Å². The molecule has 0 radical (unpaired) electrons. The number of alkyl halides is 21.